The standard InChI is InChI=1S/C17H14N4O2S3/c22-14(18-19-15(23)12-7-3-1-4-8-12)11-25-16-20-21(17(24)26-16)13-9-5-2-6-10-13/h1-10H,11H2,(H,18,22)(H,19,23). The van der Waals surface area contributed by atoms with Gasteiger partial charge in [-0.25, -0.2) is 4.68 Å². The zero-order valence-electron chi connectivity index (χ0n) is 13.4. The van der Waals surface area contributed by atoms with Gasteiger partial charge in [-0.3, -0.25) is 20.4 Å². The Morgan fingerprint density at radius 2 is 1.69 bits per heavy atom. The molecule has 132 valence electrons. The summed E-state index contributed by atoms with van der Waals surface area (Å²) < 4.78 is 2.96. The van der Waals surface area contributed by atoms with E-state index in [4.69, 9.17) is 12.2 Å². The van der Waals surface area contributed by atoms with Crippen molar-refractivity contribution >= 4 is 47.1 Å². The van der Waals surface area contributed by atoms with Gasteiger partial charge in [-0.2, -0.15) is 0 Å². The first kappa shape index (κ1) is 18.3. The Morgan fingerprint density at radius 3 is 2.38 bits per heavy atom. The van der Waals surface area contributed by atoms with Crippen LogP contribution < -0.4 is 10.9 Å². The molecule has 1 heterocycles. The second-order valence-electron chi connectivity index (χ2n) is 5.04. The van der Waals surface area contributed by atoms with E-state index in [2.05, 4.69) is 16.0 Å². The van der Waals surface area contributed by atoms with Crippen LogP contribution in [0.25, 0.3) is 5.69 Å². The van der Waals surface area contributed by atoms with Gasteiger partial charge in [0, 0.05) is 5.56 Å². The maximum absolute atomic E-state index is 11.9. The van der Waals surface area contributed by atoms with Crippen molar-refractivity contribution in [3.05, 3.63) is 70.2 Å². The molecule has 0 saturated heterocycles. The van der Waals surface area contributed by atoms with E-state index in [0.29, 0.717) is 13.9 Å². The van der Waals surface area contributed by atoms with Gasteiger partial charge in [-0.05, 0) is 36.5 Å². The van der Waals surface area contributed by atoms with Crippen molar-refractivity contribution in [1.29, 1.82) is 0 Å². The minimum absolute atomic E-state index is 0.117. The van der Waals surface area contributed by atoms with E-state index in [-0.39, 0.29) is 17.6 Å². The number of carbonyl (C=O) groups excluding carboxylic acids is 2. The molecule has 0 aliphatic heterocycles. The SMILES string of the molecule is O=C(CSc1nn(-c2ccccc2)c(=S)s1)NNC(=O)c1ccccc1. The molecule has 0 aliphatic rings. The largest absolute Gasteiger partial charge is 0.272 e. The van der Waals surface area contributed by atoms with Crippen molar-refractivity contribution in [2.45, 2.75) is 4.34 Å². The summed E-state index contributed by atoms with van der Waals surface area (Å²) in [6.07, 6.45) is 0. The number of rotatable bonds is 5. The zero-order valence-corrected chi connectivity index (χ0v) is 15.9. The van der Waals surface area contributed by atoms with E-state index < -0.39 is 0 Å². The number of hydrogen-bond donors (Lipinski definition) is 2. The Bertz CT molecular complexity index is 955. The van der Waals surface area contributed by atoms with Gasteiger partial charge in [0.05, 0.1) is 11.4 Å². The van der Waals surface area contributed by atoms with Crippen LogP contribution in [0.1, 0.15) is 10.4 Å². The number of nitrogens with zero attached hydrogens (tertiary/aromatic N) is 2. The third-order valence-corrected chi connectivity index (χ3v) is 5.57. The predicted molar refractivity (Wildman–Crippen MR) is 105 cm³/mol. The first-order valence-electron chi connectivity index (χ1n) is 7.56. The second kappa shape index (κ2) is 8.75. The number of hydrazine groups is 1. The van der Waals surface area contributed by atoms with Crippen molar-refractivity contribution in [3.63, 3.8) is 0 Å². The lowest BCUT2D eigenvalue weighted by Gasteiger charge is -2.06. The molecule has 9 heteroatoms. The molecular weight excluding hydrogens is 388 g/mol. The molecular formula is C17H14N4O2S3. The highest BCUT2D eigenvalue weighted by molar-refractivity contribution is 8.01. The smallest absolute Gasteiger partial charge is 0.269 e. The van der Waals surface area contributed by atoms with Crippen LogP contribution in [0.15, 0.2) is 65.0 Å². The lowest BCUT2D eigenvalue weighted by molar-refractivity contribution is -0.119. The first-order chi connectivity index (χ1) is 12.6. The molecule has 2 amide bonds. The summed E-state index contributed by atoms with van der Waals surface area (Å²) in [5, 5.41) is 4.42. The third kappa shape index (κ3) is 4.78. The van der Waals surface area contributed by atoms with Crippen molar-refractivity contribution in [2.75, 3.05) is 5.75 Å². The highest BCUT2D eigenvalue weighted by atomic mass is 32.2. The fraction of sp³-hybridized carbons (Fsp3) is 0.0588. The Hall–Kier alpha value is -2.49. The molecule has 0 bridgehead atoms. The van der Waals surface area contributed by atoms with Gasteiger partial charge in [-0.1, -0.05) is 59.5 Å². The molecule has 0 spiro atoms. The molecule has 26 heavy (non-hydrogen) atoms. The van der Waals surface area contributed by atoms with Crippen LogP contribution in [0.5, 0.6) is 0 Å². The normalized spacial score (nSPS) is 10.3. The molecule has 3 rings (SSSR count). The van der Waals surface area contributed by atoms with Crippen LogP contribution in [-0.2, 0) is 4.79 Å². The van der Waals surface area contributed by atoms with E-state index in [1.165, 1.54) is 23.1 Å². The van der Waals surface area contributed by atoms with Gasteiger partial charge in [0.2, 0.25) is 5.91 Å². The number of thioether (sulfide) groups is 1. The molecule has 0 fully saturated rings. The average molecular weight is 403 g/mol. The number of carbonyl (C=O) groups is 2. The van der Waals surface area contributed by atoms with Crippen LogP contribution in [0, 0.1) is 3.95 Å². The van der Waals surface area contributed by atoms with E-state index in [1.54, 1.807) is 28.9 Å². The average Bonchev–Trinajstić information content (AvgIpc) is 3.06. The first-order valence-corrected chi connectivity index (χ1v) is 9.77. The van der Waals surface area contributed by atoms with Crippen LogP contribution in [-0.4, -0.2) is 27.3 Å². The maximum atomic E-state index is 11.9. The number of nitrogens with one attached hydrogen (secondary N) is 2. The van der Waals surface area contributed by atoms with Crippen molar-refractivity contribution in [1.82, 2.24) is 20.6 Å². The van der Waals surface area contributed by atoms with Crippen LogP contribution in [0.3, 0.4) is 0 Å². The molecule has 0 radical (unpaired) electrons. The summed E-state index contributed by atoms with van der Waals surface area (Å²) in [4.78, 5) is 23.8. The number of amides is 2. The topological polar surface area (TPSA) is 76.0 Å². The molecule has 2 aromatic carbocycles. The predicted octanol–water partition coefficient (Wildman–Crippen LogP) is 3.22. The number of benzene rings is 2. The molecule has 3 aromatic rings. The lowest BCUT2D eigenvalue weighted by atomic mass is 10.2. The molecule has 0 atom stereocenters. The highest BCUT2D eigenvalue weighted by Crippen LogP contribution is 2.23. The lowest BCUT2D eigenvalue weighted by Crippen LogP contribution is -2.42. The Labute approximate surface area is 163 Å². The highest BCUT2D eigenvalue weighted by Gasteiger charge is 2.10. The third-order valence-electron chi connectivity index (χ3n) is 3.21. The monoisotopic (exact) mass is 402 g/mol. The fourth-order valence-corrected chi connectivity index (χ4v) is 4.16. The fourth-order valence-electron chi connectivity index (χ4n) is 2.00. The van der Waals surface area contributed by atoms with E-state index in [1.807, 2.05) is 36.4 Å². The Balaban J connectivity index is 1.52. The number of hydrogen-bond acceptors (Lipinski definition) is 6. The molecule has 6 nitrogen and oxygen atoms in total. The Morgan fingerprint density at radius 1 is 1.04 bits per heavy atom. The summed E-state index contributed by atoms with van der Waals surface area (Å²) in [6.45, 7) is 0. The van der Waals surface area contributed by atoms with Gasteiger partial charge in [0.15, 0.2) is 8.29 Å². The van der Waals surface area contributed by atoms with E-state index >= 15 is 0 Å². The van der Waals surface area contributed by atoms with Crippen molar-refractivity contribution in [3.8, 4) is 5.69 Å². The summed E-state index contributed by atoms with van der Waals surface area (Å²) in [5.74, 6) is -0.578. The maximum Gasteiger partial charge on any atom is 0.269 e. The summed E-state index contributed by atoms with van der Waals surface area (Å²) in [5.41, 5.74) is 6.12. The van der Waals surface area contributed by atoms with Gasteiger partial charge in [0.1, 0.15) is 0 Å². The number of aromatic nitrogens is 2. The van der Waals surface area contributed by atoms with Crippen molar-refractivity contribution in [2.24, 2.45) is 0 Å². The second-order valence-corrected chi connectivity index (χ2v) is 7.88. The van der Waals surface area contributed by atoms with Crippen LogP contribution in [0.4, 0.5) is 0 Å². The summed E-state index contributed by atoms with van der Waals surface area (Å²) in [6, 6.07) is 18.2. The van der Waals surface area contributed by atoms with E-state index in [0.717, 1.165) is 5.69 Å². The summed E-state index contributed by atoms with van der Waals surface area (Å²) in [7, 11) is 0. The molecule has 0 aliphatic carbocycles. The summed E-state index contributed by atoms with van der Waals surface area (Å²) >= 11 is 7.92. The van der Waals surface area contributed by atoms with Crippen LogP contribution in [0.2, 0.25) is 0 Å². The minimum atomic E-state index is -0.368. The van der Waals surface area contributed by atoms with Gasteiger partial charge in [0.25, 0.3) is 5.91 Å². The molecule has 0 saturated carbocycles. The Kier molecular flexibility index (Phi) is 6.16. The van der Waals surface area contributed by atoms with Crippen LogP contribution >= 0.6 is 35.3 Å². The molecule has 1 aromatic heterocycles. The van der Waals surface area contributed by atoms with Gasteiger partial charge in [-0.15, -0.1) is 5.10 Å². The molecule has 0 unspecified atom stereocenters. The van der Waals surface area contributed by atoms with Gasteiger partial charge < -0.3 is 0 Å². The molecule has 2 N–H and O–H groups in total. The quantitative estimate of drug-likeness (QED) is 0.389. The van der Waals surface area contributed by atoms with E-state index in [9.17, 15) is 9.59 Å². The van der Waals surface area contributed by atoms with Crippen molar-refractivity contribution < 1.29 is 9.59 Å². The minimum Gasteiger partial charge on any atom is -0.272 e. The van der Waals surface area contributed by atoms with Gasteiger partial charge >= 0.3 is 0 Å². The number of para-hydroxylation sites is 1. The zero-order chi connectivity index (χ0) is 18.4.